The highest BCUT2D eigenvalue weighted by Crippen LogP contribution is 2.37. The fourth-order valence-electron chi connectivity index (χ4n) is 1.39. The number of nitrogens with one attached hydrogen (secondary N) is 1. The van der Waals surface area contributed by atoms with Gasteiger partial charge in [0, 0.05) is 0 Å². The molecule has 10 heteroatoms. The lowest BCUT2D eigenvalue weighted by Crippen LogP contribution is -2.28. The topological polar surface area (TPSA) is 147 Å². The highest BCUT2D eigenvalue weighted by molar-refractivity contribution is 5.87. The molecule has 1 heterocycles. The number of nitro benzene ring substituents is 1. The minimum Gasteiger partial charge on any atom is -0.454 e. The number of hydrogen-bond donors (Lipinski definition) is 3. The van der Waals surface area contributed by atoms with E-state index >= 15 is 0 Å². The molecule has 0 bridgehead atoms. The van der Waals surface area contributed by atoms with Crippen molar-refractivity contribution in [3.63, 3.8) is 0 Å². The molecule has 1 aromatic rings. The molecular formula is C9H9N5O5. The van der Waals surface area contributed by atoms with Crippen molar-refractivity contribution < 1.29 is 19.6 Å². The molecule has 0 saturated carbocycles. The number of benzene rings is 1. The van der Waals surface area contributed by atoms with Gasteiger partial charge in [0.1, 0.15) is 0 Å². The number of guanidine groups is 1. The summed E-state index contributed by atoms with van der Waals surface area (Å²) >= 11 is 0. The third-order valence-electron chi connectivity index (χ3n) is 2.24. The van der Waals surface area contributed by atoms with Gasteiger partial charge in [-0.05, 0) is 6.07 Å². The van der Waals surface area contributed by atoms with Crippen molar-refractivity contribution in [1.82, 2.24) is 5.17 Å². The first kappa shape index (κ1) is 12.6. The van der Waals surface area contributed by atoms with Crippen LogP contribution >= 0.6 is 0 Å². The Morgan fingerprint density at radius 3 is 2.79 bits per heavy atom. The Hall–Kier alpha value is -2.88. The van der Waals surface area contributed by atoms with E-state index < -0.39 is 10.9 Å². The molecule has 1 aliphatic heterocycles. The van der Waals surface area contributed by atoms with Gasteiger partial charge in [0.2, 0.25) is 12.8 Å². The molecule has 10 nitrogen and oxygen atoms in total. The lowest BCUT2D eigenvalue weighted by Gasteiger charge is -2.06. The number of hydroxylamine groups is 1. The van der Waals surface area contributed by atoms with E-state index in [1.54, 1.807) is 0 Å². The summed E-state index contributed by atoms with van der Waals surface area (Å²) in [5.41, 5.74) is 4.76. The molecule has 19 heavy (non-hydrogen) atoms. The first-order chi connectivity index (χ1) is 8.99. The van der Waals surface area contributed by atoms with E-state index in [-0.39, 0.29) is 29.0 Å². The van der Waals surface area contributed by atoms with Crippen molar-refractivity contribution in [3.05, 3.63) is 27.8 Å². The summed E-state index contributed by atoms with van der Waals surface area (Å²) in [6.07, 6.45) is 0.988. The lowest BCUT2D eigenvalue weighted by molar-refractivity contribution is -0.385. The summed E-state index contributed by atoms with van der Waals surface area (Å²) in [7, 11) is 0. The van der Waals surface area contributed by atoms with Gasteiger partial charge in [-0.3, -0.25) is 20.7 Å². The molecule has 0 aliphatic carbocycles. The van der Waals surface area contributed by atoms with E-state index in [1.165, 1.54) is 12.1 Å². The molecule has 0 radical (unpaired) electrons. The highest BCUT2D eigenvalue weighted by atomic mass is 16.7. The molecule has 100 valence electrons. The Labute approximate surface area is 106 Å². The molecular weight excluding hydrogens is 258 g/mol. The van der Waals surface area contributed by atoms with Crippen molar-refractivity contribution in [3.8, 4) is 11.5 Å². The summed E-state index contributed by atoms with van der Waals surface area (Å²) in [5.74, 6) is -0.129. The zero-order valence-corrected chi connectivity index (χ0v) is 9.44. The fourth-order valence-corrected chi connectivity index (χ4v) is 1.39. The highest BCUT2D eigenvalue weighted by Gasteiger charge is 2.22. The van der Waals surface area contributed by atoms with Crippen molar-refractivity contribution in [2.75, 3.05) is 6.79 Å². The van der Waals surface area contributed by atoms with E-state index in [4.69, 9.17) is 25.8 Å². The molecule has 0 atom stereocenters. The molecule has 0 fully saturated rings. The Bertz CT molecular complexity index is 572. The number of hydrazone groups is 1. The van der Waals surface area contributed by atoms with Crippen LogP contribution in [0.5, 0.6) is 11.5 Å². The minimum atomic E-state index is -0.723. The summed E-state index contributed by atoms with van der Waals surface area (Å²) < 4.78 is 10.1. The summed E-state index contributed by atoms with van der Waals surface area (Å²) in [4.78, 5) is 10.3. The Kier molecular flexibility index (Phi) is 3.16. The van der Waals surface area contributed by atoms with E-state index in [1.807, 2.05) is 0 Å². The third-order valence-corrected chi connectivity index (χ3v) is 2.24. The van der Waals surface area contributed by atoms with E-state index in [0.29, 0.717) is 5.75 Å². The third kappa shape index (κ3) is 2.52. The van der Waals surface area contributed by atoms with Crippen molar-refractivity contribution >= 4 is 17.9 Å². The lowest BCUT2D eigenvalue weighted by atomic mass is 10.1. The van der Waals surface area contributed by atoms with Gasteiger partial charge >= 0.3 is 0 Å². The second-order valence-electron chi connectivity index (χ2n) is 3.44. The van der Waals surface area contributed by atoms with Gasteiger partial charge in [0.05, 0.1) is 22.8 Å². The Morgan fingerprint density at radius 1 is 1.58 bits per heavy atom. The standard InChI is InChI=1S/C9H9N5O5/c10-9(11)13(15)12-3-5-1-7-8(19-4-18-7)2-6(5)14(16)17/h1-3,15H,4H2,(H3,10,11). The number of nitro groups is 1. The SMILES string of the molecule is N=C(N)N(O)N=Cc1cc2c(cc1[N+](=O)[O-])OCO2. The van der Waals surface area contributed by atoms with Gasteiger partial charge in [0.25, 0.3) is 5.69 Å². The summed E-state index contributed by atoms with van der Waals surface area (Å²) in [6.45, 7) is -0.0212. The molecule has 0 saturated heterocycles. The summed E-state index contributed by atoms with van der Waals surface area (Å²) in [6, 6.07) is 2.54. The Morgan fingerprint density at radius 2 is 2.21 bits per heavy atom. The van der Waals surface area contributed by atoms with Crippen molar-refractivity contribution in [2.45, 2.75) is 0 Å². The second-order valence-corrected chi connectivity index (χ2v) is 3.44. The molecule has 1 aromatic carbocycles. The number of nitrogens with two attached hydrogens (primary N) is 1. The van der Waals surface area contributed by atoms with Gasteiger partial charge < -0.3 is 15.2 Å². The van der Waals surface area contributed by atoms with Crippen molar-refractivity contribution in [2.24, 2.45) is 10.8 Å². The normalized spacial score (nSPS) is 12.7. The number of fused-ring (bicyclic) bond motifs is 1. The van der Waals surface area contributed by atoms with Crippen LogP contribution in [0.25, 0.3) is 0 Å². The zero-order chi connectivity index (χ0) is 14.0. The molecule has 0 amide bonds. The first-order valence-corrected chi connectivity index (χ1v) is 4.94. The molecule has 0 aromatic heterocycles. The van der Waals surface area contributed by atoms with Crippen LogP contribution in [0.3, 0.4) is 0 Å². The van der Waals surface area contributed by atoms with Crippen LogP contribution in [0.1, 0.15) is 5.56 Å². The van der Waals surface area contributed by atoms with E-state index in [2.05, 4.69) is 5.10 Å². The zero-order valence-electron chi connectivity index (χ0n) is 9.44. The molecule has 2 rings (SSSR count). The summed E-state index contributed by atoms with van der Waals surface area (Å²) in [5, 5.41) is 30.3. The predicted molar refractivity (Wildman–Crippen MR) is 62.4 cm³/mol. The van der Waals surface area contributed by atoms with Gasteiger partial charge in [-0.2, -0.15) is 5.10 Å². The van der Waals surface area contributed by atoms with Crippen LogP contribution in [0.15, 0.2) is 17.2 Å². The van der Waals surface area contributed by atoms with Crippen LogP contribution in [-0.4, -0.2) is 34.3 Å². The maximum atomic E-state index is 10.9. The van der Waals surface area contributed by atoms with E-state index in [9.17, 15) is 10.1 Å². The Balaban J connectivity index is 2.38. The molecule has 0 spiro atoms. The molecule has 1 aliphatic rings. The quantitative estimate of drug-likeness (QED) is 0.307. The van der Waals surface area contributed by atoms with E-state index in [0.717, 1.165) is 6.21 Å². The van der Waals surface area contributed by atoms with Gasteiger partial charge in [-0.25, -0.2) is 0 Å². The van der Waals surface area contributed by atoms with Gasteiger partial charge in [-0.1, -0.05) is 0 Å². The van der Waals surface area contributed by atoms with Crippen molar-refractivity contribution in [1.29, 1.82) is 5.41 Å². The largest absolute Gasteiger partial charge is 0.454 e. The smallest absolute Gasteiger partial charge is 0.282 e. The number of ether oxygens (including phenoxy) is 2. The predicted octanol–water partition coefficient (Wildman–Crippen LogP) is 0.242. The monoisotopic (exact) mass is 267 g/mol. The van der Waals surface area contributed by atoms with Gasteiger partial charge in [0.15, 0.2) is 11.5 Å². The maximum absolute atomic E-state index is 10.9. The van der Waals surface area contributed by atoms with Gasteiger partial charge in [-0.15, -0.1) is 5.17 Å². The average molecular weight is 267 g/mol. The minimum absolute atomic E-state index is 0.0212. The number of nitrogens with zero attached hydrogens (tertiary/aromatic N) is 3. The van der Waals surface area contributed by atoms with Crippen LogP contribution < -0.4 is 15.2 Å². The number of rotatable bonds is 3. The molecule has 4 N–H and O–H groups in total. The average Bonchev–Trinajstić information content (AvgIpc) is 2.81. The van der Waals surface area contributed by atoms with Crippen LogP contribution in [0.4, 0.5) is 5.69 Å². The van der Waals surface area contributed by atoms with Crippen LogP contribution in [0.2, 0.25) is 0 Å². The first-order valence-electron chi connectivity index (χ1n) is 4.94. The fraction of sp³-hybridized carbons (Fsp3) is 0.111. The molecule has 0 unspecified atom stereocenters. The second kappa shape index (κ2) is 4.78. The maximum Gasteiger partial charge on any atom is 0.282 e. The number of hydrogen-bond acceptors (Lipinski definition) is 7. The van der Waals surface area contributed by atoms with Crippen LogP contribution in [-0.2, 0) is 0 Å². The van der Waals surface area contributed by atoms with Crippen LogP contribution in [0, 0.1) is 15.5 Å².